The van der Waals surface area contributed by atoms with Crippen molar-refractivity contribution in [3.63, 3.8) is 0 Å². The van der Waals surface area contributed by atoms with Crippen LogP contribution in [0.5, 0.6) is 11.5 Å². The zero-order valence-electron chi connectivity index (χ0n) is 16.1. The number of nitrogens with zero attached hydrogens (tertiary/aromatic N) is 1. The Morgan fingerprint density at radius 1 is 1.14 bits per heavy atom. The number of carbonyl (C=O) groups is 1. The molecule has 2 rings (SSSR count). The predicted octanol–water partition coefficient (Wildman–Crippen LogP) is 2.83. The third-order valence-corrected chi connectivity index (χ3v) is 5.73. The van der Waals surface area contributed by atoms with Crippen LogP contribution in [0.15, 0.2) is 42.5 Å². The van der Waals surface area contributed by atoms with Crippen LogP contribution < -0.4 is 19.1 Å². The van der Waals surface area contributed by atoms with Crippen molar-refractivity contribution in [1.29, 1.82) is 0 Å². The van der Waals surface area contributed by atoms with Crippen LogP contribution in [0, 0.1) is 0 Å². The number of hydrogen-bond donors (Lipinski definition) is 1. The van der Waals surface area contributed by atoms with Gasteiger partial charge in [0.1, 0.15) is 6.04 Å². The number of ether oxygens (including phenoxy) is 2. The van der Waals surface area contributed by atoms with Gasteiger partial charge >= 0.3 is 0 Å². The molecule has 0 radical (unpaired) electrons. The van der Waals surface area contributed by atoms with Crippen LogP contribution in [-0.4, -0.2) is 40.8 Å². The van der Waals surface area contributed by atoms with E-state index in [9.17, 15) is 13.2 Å². The Bertz CT molecular complexity index is 949. The lowest BCUT2D eigenvalue weighted by molar-refractivity contribution is -0.122. The molecule has 0 saturated carbocycles. The molecule has 0 aliphatic rings. The molecule has 0 aliphatic heterocycles. The van der Waals surface area contributed by atoms with Crippen molar-refractivity contribution >= 4 is 33.2 Å². The minimum atomic E-state index is -3.75. The van der Waals surface area contributed by atoms with Gasteiger partial charge in [0, 0.05) is 17.6 Å². The molecule has 152 valence electrons. The van der Waals surface area contributed by atoms with E-state index in [1.54, 1.807) is 30.3 Å². The minimum absolute atomic E-state index is 0.187. The fraction of sp³-hybridized carbons (Fsp3) is 0.316. The summed E-state index contributed by atoms with van der Waals surface area (Å²) in [6, 6.07) is 10.8. The van der Waals surface area contributed by atoms with Gasteiger partial charge in [-0.05, 0) is 30.7 Å². The average Bonchev–Trinajstić information content (AvgIpc) is 2.65. The number of benzene rings is 2. The van der Waals surface area contributed by atoms with Gasteiger partial charge in [0.2, 0.25) is 15.9 Å². The van der Waals surface area contributed by atoms with E-state index in [0.29, 0.717) is 22.2 Å². The van der Waals surface area contributed by atoms with Gasteiger partial charge in [0.05, 0.1) is 26.2 Å². The highest BCUT2D eigenvalue weighted by atomic mass is 35.5. The van der Waals surface area contributed by atoms with Crippen molar-refractivity contribution in [2.75, 3.05) is 24.8 Å². The van der Waals surface area contributed by atoms with E-state index in [1.807, 2.05) is 6.07 Å². The predicted molar refractivity (Wildman–Crippen MR) is 110 cm³/mol. The first-order valence-electron chi connectivity index (χ1n) is 8.41. The van der Waals surface area contributed by atoms with Crippen molar-refractivity contribution in [2.45, 2.75) is 19.5 Å². The van der Waals surface area contributed by atoms with E-state index < -0.39 is 22.0 Å². The van der Waals surface area contributed by atoms with Gasteiger partial charge in [-0.1, -0.05) is 29.8 Å². The summed E-state index contributed by atoms with van der Waals surface area (Å²) < 4.78 is 36.3. The molecule has 9 heteroatoms. The SMILES string of the molecule is COc1ccc(N([C@H](C)C(=O)NCc2ccccc2Cl)S(C)(=O)=O)cc1OC. The number of carbonyl (C=O) groups excluding carboxylic acids is 1. The number of amides is 1. The average molecular weight is 427 g/mol. The van der Waals surface area contributed by atoms with E-state index in [4.69, 9.17) is 21.1 Å². The molecule has 1 amide bonds. The lowest BCUT2D eigenvalue weighted by Crippen LogP contribution is -2.47. The summed E-state index contributed by atoms with van der Waals surface area (Å²) in [7, 11) is -0.814. The molecule has 0 bridgehead atoms. The van der Waals surface area contributed by atoms with E-state index in [2.05, 4.69) is 5.32 Å². The largest absolute Gasteiger partial charge is 0.493 e. The normalized spacial score (nSPS) is 12.2. The van der Waals surface area contributed by atoms with Crippen LogP contribution in [0.25, 0.3) is 0 Å². The van der Waals surface area contributed by atoms with Crippen LogP contribution in [0.1, 0.15) is 12.5 Å². The molecule has 7 nitrogen and oxygen atoms in total. The number of sulfonamides is 1. The van der Waals surface area contributed by atoms with E-state index >= 15 is 0 Å². The maximum absolute atomic E-state index is 12.7. The van der Waals surface area contributed by atoms with Crippen LogP contribution in [-0.2, 0) is 21.4 Å². The molecule has 1 N–H and O–H groups in total. The molecule has 2 aromatic rings. The number of nitrogens with one attached hydrogen (secondary N) is 1. The Morgan fingerprint density at radius 2 is 1.79 bits per heavy atom. The standard InChI is InChI=1S/C19H23ClN2O5S/c1-13(19(23)21-12-14-7-5-6-8-16(14)20)22(28(4,24)25)15-9-10-17(26-2)18(11-15)27-3/h5-11,13H,12H2,1-4H3,(H,21,23)/t13-/m1/s1. The van der Waals surface area contributed by atoms with E-state index in [1.165, 1.54) is 27.2 Å². The summed E-state index contributed by atoms with van der Waals surface area (Å²) in [6.45, 7) is 1.70. The molecule has 0 aliphatic carbocycles. The van der Waals surface area contributed by atoms with Crippen molar-refractivity contribution < 1.29 is 22.7 Å². The molecule has 28 heavy (non-hydrogen) atoms. The number of rotatable bonds is 8. The maximum Gasteiger partial charge on any atom is 0.243 e. The molecule has 0 unspecified atom stereocenters. The van der Waals surface area contributed by atoms with Crippen molar-refractivity contribution in [3.05, 3.63) is 53.1 Å². The van der Waals surface area contributed by atoms with Gasteiger partial charge in [0.15, 0.2) is 11.5 Å². The molecule has 0 fully saturated rings. The zero-order chi connectivity index (χ0) is 20.9. The van der Waals surface area contributed by atoms with Gasteiger partial charge in [-0.2, -0.15) is 0 Å². The highest BCUT2D eigenvalue weighted by molar-refractivity contribution is 7.92. The van der Waals surface area contributed by atoms with Gasteiger partial charge in [0.25, 0.3) is 0 Å². The molecule has 0 saturated heterocycles. The van der Waals surface area contributed by atoms with Crippen LogP contribution in [0.4, 0.5) is 5.69 Å². The molecule has 0 aromatic heterocycles. The Balaban J connectivity index is 2.28. The zero-order valence-corrected chi connectivity index (χ0v) is 17.7. The number of methoxy groups -OCH3 is 2. The second-order valence-corrected chi connectivity index (χ2v) is 8.35. The molecule has 1 atom stereocenters. The first-order valence-corrected chi connectivity index (χ1v) is 10.6. The highest BCUT2D eigenvalue weighted by Crippen LogP contribution is 2.33. The Kier molecular flexibility index (Phi) is 7.15. The first-order chi connectivity index (χ1) is 13.2. The van der Waals surface area contributed by atoms with Gasteiger partial charge in [-0.25, -0.2) is 8.42 Å². The Labute approximate surface area is 170 Å². The maximum atomic E-state index is 12.7. The van der Waals surface area contributed by atoms with Gasteiger partial charge in [-0.15, -0.1) is 0 Å². The molecule has 2 aromatic carbocycles. The summed E-state index contributed by atoms with van der Waals surface area (Å²) in [5, 5.41) is 3.25. The summed E-state index contributed by atoms with van der Waals surface area (Å²) in [4.78, 5) is 12.7. The third-order valence-electron chi connectivity index (χ3n) is 4.12. The van der Waals surface area contributed by atoms with Crippen molar-refractivity contribution in [1.82, 2.24) is 5.32 Å². The van der Waals surface area contributed by atoms with Crippen LogP contribution in [0.2, 0.25) is 5.02 Å². The summed E-state index contributed by atoms with van der Waals surface area (Å²) in [6.07, 6.45) is 1.04. The monoisotopic (exact) mass is 426 g/mol. The van der Waals surface area contributed by atoms with E-state index in [0.717, 1.165) is 16.1 Å². The summed E-state index contributed by atoms with van der Waals surface area (Å²) >= 11 is 6.10. The van der Waals surface area contributed by atoms with Gasteiger partial charge in [-0.3, -0.25) is 9.10 Å². The minimum Gasteiger partial charge on any atom is -0.493 e. The molecular formula is C19H23ClN2O5S. The van der Waals surface area contributed by atoms with Crippen molar-refractivity contribution in [2.24, 2.45) is 0 Å². The first kappa shape index (κ1) is 21.8. The lowest BCUT2D eigenvalue weighted by Gasteiger charge is -2.28. The number of anilines is 1. The topological polar surface area (TPSA) is 84.9 Å². The second-order valence-electron chi connectivity index (χ2n) is 6.08. The molecular weight excluding hydrogens is 404 g/mol. The summed E-state index contributed by atoms with van der Waals surface area (Å²) in [5.41, 5.74) is 1.03. The third kappa shape index (κ3) is 5.08. The Morgan fingerprint density at radius 3 is 2.36 bits per heavy atom. The van der Waals surface area contributed by atoms with Gasteiger partial charge < -0.3 is 14.8 Å². The quantitative estimate of drug-likeness (QED) is 0.701. The molecule has 0 spiro atoms. The van der Waals surface area contributed by atoms with Crippen LogP contribution >= 0.6 is 11.6 Å². The molecule has 0 heterocycles. The summed E-state index contributed by atoms with van der Waals surface area (Å²) in [5.74, 6) is 0.355. The highest BCUT2D eigenvalue weighted by Gasteiger charge is 2.29. The lowest BCUT2D eigenvalue weighted by atomic mass is 10.2. The number of halogens is 1. The second kappa shape index (κ2) is 9.16. The Hall–Kier alpha value is -2.45. The van der Waals surface area contributed by atoms with E-state index in [-0.39, 0.29) is 6.54 Å². The number of hydrogen-bond acceptors (Lipinski definition) is 5. The van der Waals surface area contributed by atoms with Crippen LogP contribution in [0.3, 0.4) is 0 Å². The fourth-order valence-corrected chi connectivity index (χ4v) is 4.11. The fourth-order valence-electron chi connectivity index (χ4n) is 2.74. The van der Waals surface area contributed by atoms with Crippen molar-refractivity contribution in [3.8, 4) is 11.5 Å². The smallest absolute Gasteiger partial charge is 0.243 e.